The first-order valence-electron chi connectivity index (χ1n) is 6.25. The third-order valence-corrected chi connectivity index (χ3v) is 4.13. The van der Waals surface area contributed by atoms with E-state index in [0.717, 1.165) is 0 Å². The average Bonchev–Trinajstić information content (AvgIpc) is 2.50. The predicted octanol–water partition coefficient (Wildman–Crippen LogP) is 5.52. The molecule has 0 spiro atoms. The van der Waals surface area contributed by atoms with Crippen LogP contribution in [0.25, 0.3) is 10.8 Å². The number of fused-ring (bicyclic) bond motifs is 1. The molecule has 3 rings (SSSR count). The van der Waals surface area contributed by atoms with E-state index in [1.54, 1.807) is 42.5 Å². The summed E-state index contributed by atoms with van der Waals surface area (Å²) in [4.78, 5) is 12.7. The van der Waals surface area contributed by atoms with Crippen molar-refractivity contribution in [3.8, 4) is 0 Å². The van der Waals surface area contributed by atoms with E-state index in [2.05, 4.69) is 0 Å². The number of halogens is 3. The zero-order chi connectivity index (χ0) is 15.0. The van der Waals surface area contributed by atoms with Crippen molar-refractivity contribution in [2.45, 2.75) is 0 Å². The normalized spacial score (nSPS) is 10.8. The summed E-state index contributed by atoms with van der Waals surface area (Å²) in [6.07, 6.45) is 0. The summed E-state index contributed by atoms with van der Waals surface area (Å²) in [5.74, 6) is -0.641. The van der Waals surface area contributed by atoms with Crippen LogP contribution in [0.5, 0.6) is 0 Å². The van der Waals surface area contributed by atoms with Crippen molar-refractivity contribution >= 4 is 39.8 Å². The van der Waals surface area contributed by atoms with Gasteiger partial charge >= 0.3 is 0 Å². The molecule has 0 aliphatic heterocycles. The molecule has 0 radical (unpaired) electrons. The van der Waals surface area contributed by atoms with Gasteiger partial charge in [0.05, 0.1) is 10.0 Å². The number of carbonyl (C=O) groups excluding carboxylic acids is 1. The van der Waals surface area contributed by atoms with Crippen molar-refractivity contribution in [1.29, 1.82) is 0 Å². The lowest BCUT2D eigenvalue weighted by atomic mass is 9.97. The van der Waals surface area contributed by atoms with Crippen molar-refractivity contribution in [2.24, 2.45) is 0 Å². The van der Waals surface area contributed by atoms with Crippen LogP contribution in [0.1, 0.15) is 15.9 Å². The molecule has 3 aromatic carbocycles. The number of benzene rings is 3. The Bertz CT molecular complexity index is 859. The maximum absolute atomic E-state index is 13.8. The maximum atomic E-state index is 13.8. The molecule has 0 saturated heterocycles. The van der Waals surface area contributed by atoms with Gasteiger partial charge in [0.2, 0.25) is 0 Å². The van der Waals surface area contributed by atoms with Crippen LogP contribution < -0.4 is 0 Å². The highest BCUT2D eigenvalue weighted by molar-refractivity contribution is 6.44. The van der Waals surface area contributed by atoms with Crippen LogP contribution in [-0.4, -0.2) is 5.78 Å². The minimum absolute atomic E-state index is 0.206. The van der Waals surface area contributed by atoms with Crippen LogP contribution in [0.2, 0.25) is 10.0 Å². The second kappa shape index (κ2) is 5.47. The topological polar surface area (TPSA) is 17.1 Å². The van der Waals surface area contributed by atoms with E-state index in [4.69, 9.17) is 23.2 Å². The van der Waals surface area contributed by atoms with Crippen molar-refractivity contribution in [1.82, 2.24) is 0 Å². The minimum atomic E-state index is -0.362. The van der Waals surface area contributed by atoms with Crippen LogP contribution >= 0.6 is 23.2 Å². The molecule has 0 bridgehead atoms. The number of ketones is 1. The smallest absolute Gasteiger partial charge is 0.195 e. The molecular formula is C17H9Cl2FO. The minimum Gasteiger partial charge on any atom is -0.289 e. The van der Waals surface area contributed by atoms with Gasteiger partial charge in [0.25, 0.3) is 0 Å². The fourth-order valence-electron chi connectivity index (χ4n) is 2.28. The Morgan fingerprint density at radius 2 is 1.52 bits per heavy atom. The zero-order valence-corrected chi connectivity index (χ0v) is 12.3. The Kier molecular flexibility index (Phi) is 3.66. The van der Waals surface area contributed by atoms with Gasteiger partial charge in [-0.15, -0.1) is 0 Å². The lowest BCUT2D eigenvalue weighted by Gasteiger charge is -2.08. The highest BCUT2D eigenvalue weighted by Gasteiger charge is 2.17. The molecule has 0 saturated carbocycles. The summed E-state index contributed by atoms with van der Waals surface area (Å²) >= 11 is 12.0. The first kappa shape index (κ1) is 14.1. The molecule has 0 fully saturated rings. The lowest BCUT2D eigenvalue weighted by molar-refractivity contribution is 0.104. The zero-order valence-electron chi connectivity index (χ0n) is 10.7. The van der Waals surface area contributed by atoms with Crippen LogP contribution in [-0.2, 0) is 0 Å². The van der Waals surface area contributed by atoms with Crippen LogP contribution in [0.3, 0.4) is 0 Å². The van der Waals surface area contributed by atoms with Gasteiger partial charge in [0.15, 0.2) is 5.78 Å². The summed E-state index contributed by atoms with van der Waals surface area (Å²) in [7, 11) is 0. The fraction of sp³-hybridized carbons (Fsp3) is 0. The van der Waals surface area contributed by atoms with E-state index in [-0.39, 0.29) is 16.6 Å². The SMILES string of the molecule is O=C(c1cccc(Cl)c1Cl)c1ccc(F)c2ccccc12. The van der Waals surface area contributed by atoms with Crippen molar-refractivity contribution in [3.63, 3.8) is 0 Å². The first-order chi connectivity index (χ1) is 10.1. The van der Waals surface area contributed by atoms with Gasteiger partial charge in [-0.25, -0.2) is 4.39 Å². The largest absolute Gasteiger partial charge is 0.289 e. The Morgan fingerprint density at radius 3 is 2.29 bits per heavy atom. The molecule has 21 heavy (non-hydrogen) atoms. The third kappa shape index (κ3) is 2.41. The molecular weight excluding hydrogens is 310 g/mol. The molecule has 0 aliphatic carbocycles. The maximum Gasteiger partial charge on any atom is 0.195 e. The molecule has 3 aromatic rings. The van der Waals surface area contributed by atoms with Gasteiger partial charge in [-0.1, -0.05) is 53.5 Å². The fourth-order valence-corrected chi connectivity index (χ4v) is 2.67. The van der Waals surface area contributed by atoms with E-state index in [0.29, 0.717) is 26.9 Å². The highest BCUT2D eigenvalue weighted by Crippen LogP contribution is 2.30. The molecule has 0 amide bonds. The average molecular weight is 319 g/mol. The summed E-state index contributed by atoms with van der Waals surface area (Å²) in [6, 6.07) is 14.5. The number of hydrogen-bond acceptors (Lipinski definition) is 1. The van der Waals surface area contributed by atoms with Crippen molar-refractivity contribution < 1.29 is 9.18 Å². The summed E-state index contributed by atoms with van der Waals surface area (Å²) < 4.78 is 13.8. The van der Waals surface area contributed by atoms with Gasteiger partial charge in [-0.3, -0.25) is 4.79 Å². The molecule has 0 atom stereocenters. The Morgan fingerprint density at radius 1 is 0.810 bits per heavy atom. The van der Waals surface area contributed by atoms with Crippen LogP contribution in [0.15, 0.2) is 54.6 Å². The number of carbonyl (C=O) groups is 1. The van der Waals surface area contributed by atoms with Crippen LogP contribution in [0.4, 0.5) is 4.39 Å². The van der Waals surface area contributed by atoms with Gasteiger partial charge in [-0.05, 0) is 29.7 Å². The Labute approximate surface area is 130 Å². The van der Waals surface area contributed by atoms with Gasteiger partial charge in [-0.2, -0.15) is 0 Å². The van der Waals surface area contributed by atoms with E-state index in [1.807, 2.05) is 0 Å². The summed E-state index contributed by atoms with van der Waals surface area (Å²) in [6.45, 7) is 0. The Balaban J connectivity index is 2.23. The van der Waals surface area contributed by atoms with Crippen molar-refractivity contribution in [3.05, 3.63) is 81.6 Å². The molecule has 0 N–H and O–H groups in total. The van der Waals surface area contributed by atoms with E-state index < -0.39 is 0 Å². The summed E-state index contributed by atoms with van der Waals surface area (Å²) in [5.41, 5.74) is 0.706. The van der Waals surface area contributed by atoms with Crippen molar-refractivity contribution in [2.75, 3.05) is 0 Å². The van der Waals surface area contributed by atoms with Gasteiger partial charge in [0, 0.05) is 16.5 Å². The number of rotatable bonds is 2. The second-order valence-corrected chi connectivity index (χ2v) is 5.36. The van der Waals surface area contributed by atoms with Gasteiger partial charge < -0.3 is 0 Å². The number of hydrogen-bond donors (Lipinski definition) is 0. The highest BCUT2D eigenvalue weighted by atomic mass is 35.5. The Hall–Kier alpha value is -1.90. The monoisotopic (exact) mass is 318 g/mol. The van der Waals surface area contributed by atoms with Crippen LogP contribution in [0, 0.1) is 5.82 Å². The van der Waals surface area contributed by atoms with E-state index in [1.165, 1.54) is 12.1 Å². The molecule has 0 aromatic heterocycles. The standard InChI is InChI=1S/C17H9Cl2FO/c18-14-7-3-6-13(16(14)19)17(21)12-8-9-15(20)11-5-2-1-4-10(11)12/h1-9H. The van der Waals surface area contributed by atoms with E-state index >= 15 is 0 Å². The molecule has 0 unspecified atom stereocenters. The quantitative estimate of drug-likeness (QED) is 0.569. The first-order valence-corrected chi connectivity index (χ1v) is 7.01. The van der Waals surface area contributed by atoms with E-state index in [9.17, 15) is 9.18 Å². The summed E-state index contributed by atoms with van der Waals surface area (Å²) in [5, 5.41) is 1.48. The second-order valence-electron chi connectivity index (χ2n) is 4.57. The predicted molar refractivity (Wildman–Crippen MR) is 83.8 cm³/mol. The third-order valence-electron chi connectivity index (χ3n) is 3.31. The molecule has 0 aliphatic rings. The molecule has 0 heterocycles. The molecule has 1 nitrogen and oxygen atoms in total. The van der Waals surface area contributed by atoms with Gasteiger partial charge in [0.1, 0.15) is 5.82 Å². The lowest BCUT2D eigenvalue weighted by Crippen LogP contribution is -2.04. The molecule has 4 heteroatoms. The molecule has 104 valence electrons.